The minimum Gasteiger partial charge on any atom is -0.453 e. The fraction of sp³-hybridized carbons (Fsp3) is 0.267. The summed E-state index contributed by atoms with van der Waals surface area (Å²) in [6.07, 6.45) is -4.71. The summed E-state index contributed by atoms with van der Waals surface area (Å²) < 4.78 is 61.6. The van der Waals surface area contributed by atoms with Gasteiger partial charge in [-0.3, -0.25) is 4.79 Å². The molecule has 0 unspecified atom stereocenters. The van der Waals surface area contributed by atoms with Crippen molar-refractivity contribution in [2.75, 3.05) is 7.11 Å². The Morgan fingerprint density at radius 1 is 1.26 bits per heavy atom. The number of benzene rings is 1. The van der Waals surface area contributed by atoms with Gasteiger partial charge in [0.1, 0.15) is 18.2 Å². The van der Waals surface area contributed by atoms with Crippen LogP contribution in [0.4, 0.5) is 17.6 Å². The molecule has 0 atom stereocenters. The Kier molecular flexibility index (Phi) is 5.05. The Balaban J connectivity index is 2.09. The molecule has 0 aliphatic rings. The van der Waals surface area contributed by atoms with Gasteiger partial charge in [-0.05, 0) is 29.8 Å². The molecule has 2 rings (SSSR count). The van der Waals surface area contributed by atoms with Gasteiger partial charge in [-0.15, -0.1) is 0 Å². The summed E-state index contributed by atoms with van der Waals surface area (Å²) in [5, 5.41) is 2.31. The average Bonchev–Trinajstić information content (AvgIpc) is 2.94. The van der Waals surface area contributed by atoms with Crippen molar-refractivity contribution in [2.45, 2.75) is 19.3 Å². The molecule has 0 aliphatic heterocycles. The zero-order valence-corrected chi connectivity index (χ0v) is 12.0. The van der Waals surface area contributed by atoms with Gasteiger partial charge in [-0.1, -0.05) is 6.07 Å². The molecular weight excluding hydrogens is 318 g/mol. The van der Waals surface area contributed by atoms with E-state index in [0.29, 0.717) is 11.8 Å². The van der Waals surface area contributed by atoms with Gasteiger partial charge in [0, 0.05) is 13.7 Å². The molecule has 124 valence electrons. The number of furan rings is 1. The van der Waals surface area contributed by atoms with E-state index in [1.54, 1.807) is 0 Å². The van der Waals surface area contributed by atoms with Gasteiger partial charge in [0.25, 0.3) is 5.91 Å². The van der Waals surface area contributed by atoms with Gasteiger partial charge in [0.2, 0.25) is 0 Å². The highest BCUT2D eigenvalue weighted by atomic mass is 19.4. The number of ether oxygens (including phenoxy) is 1. The topological polar surface area (TPSA) is 51.5 Å². The number of amides is 1. The number of carbonyl (C=O) groups is 1. The predicted molar refractivity (Wildman–Crippen MR) is 72.0 cm³/mol. The number of hydrogen-bond donors (Lipinski definition) is 1. The third-order valence-electron chi connectivity index (χ3n) is 2.99. The minimum atomic E-state index is -4.71. The van der Waals surface area contributed by atoms with E-state index in [4.69, 9.17) is 9.15 Å². The maximum absolute atomic E-state index is 13.0. The molecule has 1 heterocycles. The van der Waals surface area contributed by atoms with Crippen molar-refractivity contribution in [2.24, 2.45) is 0 Å². The maximum atomic E-state index is 13.0. The van der Waals surface area contributed by atoms with Crippen molar-refractivity contribution in [3.8, 4) is 0 Å². The lowest BCUT2D eigenvalue weighted by molar-refractivity contribution is -0.138. The van der Waals surface area contributed by atoms with Gasteiger partial charge < -0.3 is 14.5 Å². The number of alkyl halides is 3. The first-order valence-electron chi connectivity index (χ1n) is 6.52. The molecule has 0 aliphatic carbocycles. The van der Waals surface area contributed by atoms with E-state index in [0.717, 1.165) is 12.1 Å². The number of carbonyl (C=O) groups excluding carboxylic acids is 1. The molecule has 4 nitrogen and oxygen atoms in total. The van der Waals surface area contributed by atoms with Crippen LogP contribution in [0.2, 0.25) is 0 Å². The number of hydrogen-bond acceptors (Lipinski definition) is 3. The van der Waals surface area contributed by atoms with E-state index in [9.17, 15) is 22.4 Å². The van der Waals surface area contributed by atoms with Gasteiger partial charge in [0.05, 0.1) is 5.56 Å². The summed E-state index contributed by atoms with van der Waals surface area (Å²) in [6, 6.07) is 5.19. The molecule has 1 aromatic heterocycles. The van der Waals surface area contributed by atoms with E-state index in [1.807, 2.05) is 0 Å². The molecule has 0 fully saturated rings. The molecular formula is C15H13F4NO3. The highest BCUT2D eigenvalue weighted by Crippen LogP contribution is 2.32. The number of rotatable bonds is 5. The Morgan fingerprint density at radius 2 is 2.00 bits per heavy atom. The van der Waals surface area contributed by atoms with Crippen LogP contribution >= 0.6 is 0 Å². The van der Waals surface area contributed by atoms with Crippen LogP contribution in [-0.4, -0.2) is 13.0 Å². The lowest BCUT2D eigenvalue weighted by Crippen LogP contribution is -2.24. The van der Waals surface area contributed by atoms with Crippen LogP contribution in [0.15, 0.2) is 34.7 Å². The summed E-state index contributed by atoms with van der Waals surface area (Å²) in [6.45, 7) is -0.238. The third-order valence-corrected chi connectivity index (χ3v) is 2.99. The molecule has 0 bridgehead atoms. The molecule has 1 aromatic carbocycles. The van der Waals surface area contributed by atoms with Gasteiger partial charge >= 0.3 is 6.18 Å². The normalized spacial score (nSPS) is 11.5. The fourth-order valence-electron chi connectivity index (χ4n) is 1.95. The molecule has 8 heteroatoms. The van der Waals surface area contributed by atoms with Crippen molar-refractivity contribution in [1.29, 1.82) is 0 Å². The first-order valence-corrected chi connectivity index (χ1v) is 6.52. The predicted octanol–water partition coefficient (Wildman–Crippen LogP) is 3.51. The van der Waals surface area contributed by atoms with Crippen LogP contribution in [0, 0.1) is 5.82 Å². The Labute approximate surface area is 129 Å². The van der Waals surface area contributed by atoms with E-state index < -0.39 is 30.0 Å². The van der Waals surface area contributed by atoms with Crippen molar-refractivity contribution < 1.29 is 31.5 Å². The van der Waals surface area contributed by atoms with E-state index in [-0.39, 0.29) is 17.9 Å². The molecule has 0 saturated carbocycles. The van der Waals surface area contributed by atoms with Crippen LogP contribution in [0.1, 0.15) is 27.4 Å². The lowest BCUT2D eigenvalue weighted by atomic mass is 10.1. The highest BCUT2D eigenvalue weighted by molar-refractivity contribution is 5.91. The molecule has 0 spiro atoms. The molecule has 2 aromatic rings. The molecule has 1 N–H and O–H groups in total. The standard InChI is InChI=1S/C15H13F4NO3/c1-22-8-11-4-5-13(23-11)14(21)20-7-9-2-3-10(16)6-12(9)15(17,18)19/h2-6H,7-8H2,1H3,(H,20,21). The van der Waals surface area contributed by atoms with Crippen LogP contribution in [-0.2, 0) is 24.1 Å². The number of methoxy groups -OCH3 is 1. The van der Waals surface area contributed by atoms with E-state index in [1.165, 1.54) is 19.2 Å². The zero-order chi connectivity index (χ0) is 17.0. The van der Waals surface area contributed by atoms with Crippen molar-refractivity contribution in [3.05, 3.63) is 58.8 Å². The van der Waals surface area contributed by atoms with Gasteiger partial charge in [-0.2, -0.15) is 13.2 Å². The Hall–Kier alpha value is -2.35. The zero-order valence-electron chi connectivity index (χ0n) is 12.0. The monoisotopic (exact) mass is 331 g/mol. The molecule has 1 amide bonds. The summed E-state index contributed by atoms with van der Waals surface area (Å²) in [7, 11) is 1.45. The van der Waals surface area contributed by atoms with E-state index in [2.05, 4.69) is 5.32 Å². The second kappa shape index (κ2) is 6.82. The number of halogens is 4. The van der Waals surface area contributed by atoms with Crippen molar-refractivity contribution in [1.82, 2.24) is 5.32 Å². The third kappa shape index (κ3) is 4.32. The quantitative estimate of drug-likeness (QED) is 0.853. The first kappa shape index (κ1) is 17.0. The van der Waals surface area contributed by atoms with Crippen LogP contribution in [0.3, 0.4) is 0 Å². The van der Waals surface area contributed by atoms with Gasteiger partial charge in [0.15, 0.2) is 5.76 Å². The molecule has 0 radical (unpaired) electrons. The number of nitrogens with one attached hydrogen (secondary N) is 1. The maximum Gasteiger partial charge on any atom is 0.416 e. The van der Waals surface area contributed by atoms with Crippen molar-refractivity contribution >= 4 is 5.91 Å². The summed E-state index contributed by atoms with van der Waals surface area (Å²) in [5.41, 5.74) is -1.37. The smallest absolute Gasteiger partial charge is 0.416 e. The minimum absolute atomic E-state index is 0.0484. The van der Waals surface area contributed by atoms with Crippen molar-refractivity contribution in [3.63, 3.8) is 0 Å². The Morgan fingerprint density at radius 3 is 2.65 bits per heavy atom. The molecule has 23 heavy (non-hydrogen) atoms. The largest absolute Gasteiger partial charge is 0.453 e. The van der Waals surface area contributed by atoms with Crippen LogP contribution in [0.5, 0.6) is 0 Å². The fourth-order valence-corrected chi connectivity index (χ4v) is 1.95. The second-order valence-corrected chi connectivity index (χ2v) is 4.68. The Bertz CT molecular complexity index is 694. The van der Waals surface area contributed by atoms with Crippen LogP contribution < -0.4 is 5.32 Å². The summed E-state index contributed by atoms with van der Waals surface area (Å²) in [5.74, 6) is -1.31. The first-order chi connectivity index (χ1) is 10.8. The second-order valence-electron chi connectivity index (χ2n) is 4.68. The highest BCUT2D eigenvalue weighted by Gasteiger charge is 2.33. The van der Waals surface area contributed by atoms with Crippen LogP contribution in [0.25, 0.3) is 0 Å². The molecule has 0 saturated heterocycles. The lowest BCUT2D eigenvalue weighted by Gasteiger charge is -2.13. The SMILES string of the molecule is COCc1ccc(C(=O)NCc2ccc(F)cc2C(F)(F)F)o1. The summed E-state index contributed by atoms with van der Waals surface area (Å²) >= 11 is 0. The summed E-state index contributed by atoms with van der Waals surface area (Å²) in [4.78, 5) is 11.9. The van der Waals surface area contributed by atoms with E-state index >= 15 is 0 Å². The van der Waals surface area contributed by atoms with Gasteiger partial charge in [-0.25, -0.2) is 4.39 Å². The average molecular weight is 331 g/mol.